The largest absolute Gasteiger partial charge is 0.507 e. The summed E-state index contributed by atoms with van der Waals surface area (Å²) in [6.07, 6.45) is 2.98. The third-order valence-corrected chi connectivity index (χ3v) is 3.65. The molecule has 1 aliphatic carbocycles. The SMILES string of the molecule is C=C1C(C)=Cc2c(O)c(C)c(CC)c(C)c21. The first-order valence-electron chi connectivity index (χ1n) is 5.72. The smallest absolute Gasteiger partial charge is 0.126 e. The monoisotopic (exact) mass is 214 g/mol. The van der Waals surface area contributed by atoms with E-state index in [1.165, 1.54) is 11.1 Å². The van der Waals surface area contributed by atoms with E-state index < -0.39 is 0 Å². The summed E-state index contributed by atoms with van der Waals surface area (Å²) in [5, 5.41) is 10.2. The lowest BCUT2D eigenvalue weighted by atomic mass is 9.90. The minimum Gasteiger partial charge on any atom is -0.507 e. The van der Waals surface area contributed by atoms with Crippen LogP contribution in [-0.2, 0) is 6.42 Å². The Morgan fingerprint density at radius 2 is 1.81 bits per heavy atom. The molecule has 1 aromatic carbocycles. The molecule has 1 N–H and O–H groups in total. The molecule has 1 nitrogen and oxygen atoms in total. The lowest BCUT2D eigenvalue weighted by molar-refractivity contribution is 0.468. The zero-order chi connectivity index (χ0) is 12.0. The van der Waals surface area contributed by atoms with Crippen molar-refractivity contribution >= 4 is 11.6 Å². The Balaban J connectivity index is 2.85. The molecule has 1 aromatic rings. The normalized spacial score (nSPS) is 14.0. The van der Waals surface area contributed by atoms with Crippen LogP contribution < -0.4 is 0 Å². The fourth-order valence-electron chi connectivity index (χ4n) is 2.66. The van der Waals surface area contributed by atoms with Crippen molar-refractivity contribution in [2.24, 2.45) is 0 Å². The molecule has 0 spiro atoms. The molecule has 0 amide bonds. The Hall–Kier alpha value is -1.50. The maximum absolute atomic E-state index is 10.2. The van der Waals surface area contributed by atoms with Gasteiger partial charge in [-0.1, -0.05) is 13.5 Å². The lowest BCUT2D eigenvalue weighted by Gasteiger charge is -2.16. The predicted octanol–water partition coefficient (Wildman–Crippen LogP) is 4.00. The van der Waals surface area contributed by atoms with Gasteiger partial charge in [0.2, 0.25) is 0 Å². The van der Waals surface area contributed by atoms with E-state index in [0.717, 1.165) is 34.3 Å². The number of phenols is 1. The highest BCUT2D eigenvalue weighted by atomic mass is 16.3. The first kappa shape index (κ1) is 11.0. The number of rotatable bonds is 1. The first-order valence-corrected chi connectivity index (χ1v) is 5.72. The van der Waals surface area contributed by atoms with Crippen molar-refractivity contribution in [2.45, 2.75) is 34.1 Å². The average Bonchev–Trinajstić information content (AvgIpc) is 2.54. The number of allylic oxidation sites excluding steroid dienone is 2. The minimum atomic E-state index is 0.426. The molecule has 0 aliphatic heterocycles. The summed E-state index contributed by atoms with van der Waals surface area (Å²) < 4.78 is 0. The van der Waals surface area contributed by atoms with E-state index in [1.807, 2.05) is 19.9 Å². The van der Waals surface area contributed by atoms with Crippen molar-refractivity contribution in [3.8, 4) is 5.75 Å². The number of phenolic OH excluding ortho intramolecular Hbond substituents is 1. The van der Waals surface area contributed by atoms with Crippen LogP contribution in [0.5, 0.6) is 5.75 Å². The molecule has 84 valence electrons. The predicted molar refractivity (Wildman–Crippen MR) is 69.6 cm³/mol. The summed E-state index contributed by atoms with van der Waals surface area (Å²) in [7, 11) is 0. The van der Waals surface area contributed by atoms with Crippen molar-refractivity contribution < 1.29 is 5.11 Å². The molecular weight excluding hydrogens is 196 g/mol. The van der Waals surface area contributed by atoms with Gasteiger partial charge in [-0.3, -0.25) is 0 Å². The lowest BCUT2D eigenvalue weighted by Crippen LogP contribution is -1.99. The van der Waals surface area contributed by atoms with Crippen molar-refractivity contribution in [1.29, 1.82) is 0 Å². The van der Waals surface area contributed by atoms with E-state index in [0.29, 0.717) is 5.75 Å². The fourth-order valence-corrected chi connectivity index (χ4v) is 2.66. The zero-order valence-electron chi connectivity index (χ0n) is 10.4. The highest BCUT2D eigenvalue weighted by Gasteiger charge is 2.23. The molecule has 2 rings (SSSR count). The highest BCUT2D eigenvalue weighted by Crippen LogP contribution is 2.44. The second-order valence-corrected chi connectivity index (χ2v) is 4.53. The summed E-state index contributed by atoms with van der Waals surface area (Å²) in [6.45, 7) is 12.4. The van der Waals surface area contributed by atoms with Crippen LogP contribution in [0.3, 0.4) is 0 Å². The van der Waals surface area contributed by atoms with E-state index in [9.17, 15) is 5.11 Å². The number of hydrogen-bond donors (Lipinski definition) is 1. The van der Waals surface area contributed by atoms with Gasteiger partial charge >= 0.3 is 0 Å². The number of aromatic hydroxyl groups is 1. The number of benzene rings is 1. The summed E-state index contributed by atoms with van der Waals surface area (Å²) in [5.74, 6) is 0.426. The van der Waals surface area contributed by atoms with Crippen LogP contribution in [0.2, 0.25) is 0 Å². The van der Waals surface area contributed by atoms with Crippen molar-refractivity contribution in [1.82, 2.24) is 0 Å². The van der Waals surface area contributed by atoms with Gasteiger partial charge in [-0.05, 0) is 66.7 Å². The van der Waals surface area contributed by atoms with Crippen molar-refractivity contribution in [3.63, 3.8) is 0 Å². The molecule has 0 fully saturated rings. The quantitative estimate of drug-likeness (QED) is 0.749. The van der Waals surface area contributed by atoms with Gasteiger partial charge in [0.1, 0.15) is 5.75 Å². The molecule has 0 heterocycles. The maximum Gasteiger partial charge on any atom is 0.126 e. The van der Waals surface area contributed by atoms with Crippen LogP contribution in [-0.4, -0.2) is 5.11 Å². The third-order valence-electron chi connectivity index (χ3n) is 3.65. The maximum atomic E-state index is 10.2. The van der Waals surface area contributed by atoms with Crippen LogP contribution >= 0.6 is 0 Å². The van der Waals surface area contributed by atoms with E-state index >= 15 is 0 Å². The molecule has 1 heteroatoms. The second-order valence-electron chi connectivity index (χ2n) is 4.53. The van der Waals surface area contributed by atoms with Crippen molar-refractivity contribution in [2.75, 3.05) is 0 Å². The standard InChI is InChI=1S/C15H18O/c1-6-12-10(4)14-9(3)8(2)7-13(14)15(16)11(12)5/h7,16H,3,6H2,1-2,4-5H3. The van der Waals surface area contributed by atoms with Crippen LogP contribution in [0, 0.1) is 13.8 Å². The van der Waals surface area contributed by atoms with Crippen molar-refractivity contribution in [3.05, 3.63) is 40.0 Å². The van der Waals surface area contributed by atoms with Gasteiger partial charge in [-0.2, -0.15) is 0 Å². The van der Waals surface area contributed by atoms with Crippen LogP contribution in [0.1, 0.15) is 41.7 Å². The molecule has 1 aliphatic rings. The van der Waals surface area contributed by atoms with Gasteiger partial charge in [-0.15, -0.1) is 0 Å². The molecule has 0 bridgehead atoms. The summed E-state index contributed by atoms with van der Waals surface area (Å²) in [6, 6.07) is 0. The van der Waals surface area contributed by atoms with Gasteiger partial charge in [0.05, 0.1) is 0 Å². The van der Waals surface area contributed by atoms with Crippen LogP contribution in [0.15, 0.2) is 12.2 Å². The summed E-state index contributed by atoms with van der Waals surface area (Å²) >= 11 is 0. The van der Waals surface area contributed by atoms with Gasteiger partial charge in [-0.25, -0.2) is 0 Å². The summed E-state index contributed by atoms with van der Waals surface area (Å²) in [5.41, 5.74) is 7.83. The number of fused-ring (bicyclic) bond motifs is 1. The Labute approximate surface area is 97.1 Å². The zero-order valence-corrected chi connectivity index (χ0v) is 10.4. The topological polar surface area (TPSA) is 20.2 Å². The van der Waals surface area contributed by atoms with Crippen LogP contribution in [0.4, 0.5) is 0 Å². The Morgan fingerprint density at radius 1 is 1.19 bits per heavy atom. The average molecular weight is 214 g/mol. The summed E-state index contributed by atoms with van der Waals surface area (Å²) in [4.78, 5) is 0. The number of hydrogen-bond acceptors (Lipinski definition) is 1. The van der Waals surface area contributed by atoms with Gasteiger partial charge in [0.25, 0.3) is 0 Å². The molecule has 0 saturated heterocycles. The van der Waals surface area contributed by atoms with E-state index in [4.69, 9.17) is 0 Å². The molecule has 0 aromatic heterocycles. The minimum absolute atomic E-state index is 0.426. The Kier molecular flexibility index (Phi) is 2.42. The molecule has 0 unspecified atom stereocenters. The second kappa shape index (κ2) is 3.51. The van der Waals surface area contributed by atoms with E-state index in [-0.39, 0.29) is 0 Å². The first-order chi connectivity index (χ1) is 7.49. The van der Waals surface area contributed by atoms with Gasteiger partial charge < -0.3 is 5.11 Å². The molecule has 0 radical (unpaired) electrons. The van der Waals surface area contributed by atoms with Crippen LogP contribution in [0.25, 0.3) is 11.6 Å². The van der Waals surface area contributed by atoms with Gasteiger partial charge in [0, 0.05) is 5.56 Å². The Bertz CT molecular complexity index is 519. The molecule has 0 saturated carbocycles. The highest BCUT2D eigenvalue weighted by molar-refractivity contribution is 5.96. The molecule has 0 atom stereocenters. The van der Waals surface area contributed by atoms with E-state index in [1.54, 1.807) is 0 Å². The Morgan fingerprint density at radius 3 is 2.38 bits per heavy atom. The molecule has 16 heavy (non-hydrogen) atoms. The van der Waals surface area contributed by atoms with E-state index in [2.05, 4.69) is 20.4 Å². The fraction of sp³-hybridized carbons (Fsp3) is 0.333. The van der Waals surface area contributed by atoms with Gasteiger partial charge in [0.15, 0.2) is 0 Å². The molecular formula is C15H18O. The third kappa shape index (κ3) is 1.24.